The van der Waals surface area contributed by atoms with Gasteiger partial charge < -0.3 is 15.0 Å². The van der Waals surface area contributed by atoms with Crippen molar-refractivity contribution in [3.63, 3.8) is 0 Å². The number of hydrogen-bond acceptors (Lipinski definition) is 5. The molecule has 4 rings (SSSR count). The maximum Gasteiger partial charge on any atom is 0.261 e. The van der Waals surface area contributed by atoms with Crippen molar-refractivity contribution in [2.45, 2.75) is 52.1 Å². The molecular weight excluding hydrogens is 406 g/mol. The SMILES string of the molecule is COc1ccccc1CN1CCC(NC(=O)c2cc3c([nH]c2=O)CC(C)(C)CC3=O)CC1. The molecule has 1 aromatic carbocycles. The highest BCUT2D eigenvalue weighted by atomic mass is 16.5. The smallest absolute Gasteiger partial charge is 0.261 e. The van der Waals surface area contributed by atoms with Gasteiger partial charge in [-0.2, -0.15) is 0 Å². The number of para-hydroxylation sites is 1. The summed E-state index contributed by atoms with van der Waals surface area (Å²) in [7, 11) is 1.68. The Balaban J connectivity index is 1.38. The molecule has 0 radical (unpaired) electrons. The zero-order chi connectivity index (χ0) is 22.9. The van der Waals surface area contributed by atoms with E-state index in [0.717, 1.165) is 43.8 Å². The number of aromatic amines is 1. The largest absolute Gasteiger partial charge is 0.496 e. The second kappa shape index (κ2) is 8.90. The van der Waals surface area contributed by atoms with Gasteiger partial charge in [0.1, 0.15) is 11.3 Å². The van der Waals surface area contributed by atoms with E-state index >= 15 is 0 Å². The van der Waals surface area contributed by atoms with Crippen molar-refractivity contribution in [2.75, 3.05) is 20.2 Å². The van der Waals surface area contributed by atoms with Crippen LogP contribution in [0.25, 0.3) is 0 Å². The van der Waals surface area contributed by atoms with E-state index in [2.05, 4.69) is 21.3 Å². The number of carbonyl (C=O) groups excluding carboxylic acids is 2. The summed E-state index contributed by atoms with van der Waals surface area (Å²) in [6.07, 6.45) is 2.64. The molecular formula is C25H31N3O4. The zero-order valence-corrected chi connectivity index (χ0v) is 19.0. The van der Waals surface area contributed by atoms with Gasteiger partial charge in [-0.3, -0.25) is 19.3 Å². The van der Waals surface area contributed by atoms with Crippen LogP contribution in [0, 0.1) is 5.41 Å². The number of carbonyl (C=O) groups is 2. The van der Waals surface area contributed by atoms with Gasteiger partial charge in [-0.25, -0.2) is 0 Å². The van der Waals surface area contributed by atoms with Gasteiger partial charge in [0.05, 0.1) is 7.11 Å². The van der Waals surface area contributed by atoms with Gasteiger partial charge in [-0.15, -0.1) is 0 Å². The number of amides is 1. The predicted octanol–water partition coefficient (Wildman–Crippen LogP) is 2.93. The molecule has 7 nitrogen and oxygen atoms in total. The van der Waals surface area contributed by atoms with Crippen LogP contribution in [0.4, 0.5) is 0 Å². The molecule has 2 heterocycles. The van der Waals surface area contributed by atoms with Crippen molar-refractivity contribution in [2.24, 2.45) is 5.41 Å². The summed E-state index contributed by atoms with van der Waals surface area (Å²) in [5.74, 6) is 0.452. The first-order valence-electron chi connectivity index (χ1n) is 11.2. The number of hydrogen-bond donors (Lipinski definition) is 2. The summed E-state index contributed by atoms with van der Waals surface area (Å²) in [6.45, 7) is 6.50. The molecule has 2 aliphatic rings. The van der Waals surface area contributed by atoms with Crippen LogP contribution < -0.4 is 15.6 Å². The average Bonchev–Trinajstić information content (AvgIpc) is 2.74. The molecule has 0 spiro atoms. The number of ether oxygens (including phenoxy) is 1. The lowest BCUT2D eigenvalue weighted by molar-refractivity contribution is 0.0906. The van der Waals surface area contributed by atoms with Crippen LogP contribution in [0.15, 0.2) is 35.1 Å². The van der Waals surface area contributed by atoms with Gasteiger partial charge in [0, 0.05) is 48.9 Å². The fraction of sp³-hybridized carbons (Fsp3) is 0.480. The van der Waals surface area contributed by atoms with Gasteiger partial charge in [0.15, 0.2) is 5.78 Å². The Hall–Kier alpha value is -2.93. The second-order valence-corrected chi connectivity index (χ2v) is 9.68. The Labute approximate surface area is 188 Å². The van der Waals surface area contributed by atoms with Crippen molar-refractivity contribution < 1.29 is 14.3 Å². The number of likely N-dealkylation sites (tertiary alicyclic amines) is 1. The quantitative estimate of drug-likeness (QED) is 0.751. The Morgan fingerprint density at radius 2 is 1.91 bits per heavy atom. The number of fused-ring (bicyclic) bond motifs is 1. The molecule has 7 heteroatoms. The highest BCUT2D eigenvalue weighted by Crippen LogP contribution is 2.33. The van der Waals surface area contributed by atoms with E-state index in [0.29, 0.717) is 24.1 Å². The molecule has 170 valence electrons. The van der Waals surface area contributed by atoms with E-state index in [4.69, 9.17) is 4.74 Å². The third-order valence-electron chi connectivity index (χ3n) is 6.47. The molecule has 0 bridgehead atoms. The van der Waals surface area contributed by atoms with E-state index in [-0.39, 0.29) is 22.8 Å². The predicted molar refractivity (Wildman–Crippen MR) is 122 cm³/mol. The lowest BCUT2D eigenvalue weighted by Gasteiger charge is -2.32. The van der Waals surface area contributed by atoms with Gasteiger partial charge in [-0.1, -0.05) is 32.0 Å². The van der Waals surface area contributed by atoms with Gasteiger partial charge in [0.2, 0.25) is 0 Å². The molecule has 1 fully saturated rings. The normalized spacial score (nSPS) is 18.8. The fourth-order valence-electron chi connectivity index (χ4n) is 4.77. The average molecular weight is 438 g/mol. The fourth-order valence-corrected chi connectivity index (χ4v) is 4.77. The summed E-state index contributed by atoms with van der Waals surface area (Å²) in [6, 6.07) is 9.48. The zero-order valence-electron chi connectivity index (χ0n) is 19.0. The molecule has 0 saturated carbocycles. The number of H-pyrrole nitrogens is 1. The highest BCUT2D eigenvalue weighted by Gasteiger charge is 2.33. The lowest BCUT2D eigenvalue weighted by atomic mass is 9.75. The number of ketones is 1. The first kappa shape index (κ1) is 22.3. The summed E-state index contributed by atoms with van der Waals surface area (Å²) in [5, 5.41) is 3.00. The molecule has 0 unspecified atom stereocenters. The molecule has 1 aromatic heterocycles. The van der Waals surface area contributed by atoms with Crippen LogP contribution in [0.1, 0.15) is 65.1 Å². The molecule has 2 N–H and O–H groups in total. The van der Waals surface area contributed by atoms with Gasteiger partial charge in [-0.05, 0) is 36.8 Å². The minimum absolute atomic E-state index is 0.00138. The van der Waals surface area contributed by atoms with Crippen LogP contribution in [-0.4, -0.2) is 47.8 Å². The molecule has 1 amide bonds. The standard InChI is InChI=1S/C25H31N3O4/c1-25(2)13-20-18(21(29)14-25)12-19(24(31)27-20)23(30)26-17-8-10-28(11-9-17)15-16-6-4-5-7-22(16)32-3/h4-7,12,17H,8-11,13-15H2,1-3H3,(H,26,30)(H,27,31). The monoisotopic (exact) mass is 437 g/mol. The van der Waals surface area contributed by atoms with Crippen LogP contribution in [0.3, 0.4) is 0 Å². The van der Waals surface area contributed by atoms with Crippen LogP contribution in [-0.2, 0) is 13.0 Å². The third kappa shape index (κ3) is 4.78. The van der Waals surface area contributed by atoms with Crippen molar-refractivity contribution >= 4 is 11.7 Å². The van der Waals surface area contributed by atoms with Gasteiger partial charge >= 0.3 is 0 Å². The van der Waals surface area contributed by atoms with Crippen LogP contribution in [0.2, 0.25) is 0 Å². The number of Topliss-reactive ketones (excluding diaryl/α,β-unsaturated/α-hetero) is 1. The van der Waals surface area contributed by atoms with E-state index in [1.165, 1.54) is 6.07 Å². The minimum Gasteiger partial charge on any atom is -0.496 e. The Morgan fingerprint density at radius 3 is 2.62 bits per heavy atom. The Bertz CT molecular complexity index is 1080. The summed E-state index contributed by atoms with van der Waals surface area (Å²) >= 11 is 0. The minimum atomic E-state index is -0.430. The number of aromatic nitrogens is 1. The van der Waals surface area contributed by atoms with E-state index < -0.39 is 11.5 Å². The highest BCUT2D eigenvalue weighted by molar-refractivity contribution is 6.02. The summed E-state index contributed by atoms with van der Waals surface area (Å²) < 4.78 is 5.44. The first-order valence-corrected chi connectivity index (χ1v) is 11.2. The number of piperidine rings is 1. The lowest BCUT2D eigenvalue weighted by Crippen LogP contribution is -2.45. The second-order valence-electron chi connectivity index (χ2n) is 9.68. The maximum absolute atomic E-state index is 12.8. The summed E-state index contributed by atoms with van der Waals surface area (Å²) in [4.78, 5) is 43.1. The molecule has 1 saturated heterocycles. The third-order valence-corrected chi connectivity index (χ3v) is 6.47. The maximum atomic E-state index is 12.8. The first-order chi connectivity index (χ1) is 15.3. The molecule has 0 atom stereocenters. The van der Waals surface area contributed by atoms with E-state index in [1.807, 2.05) is 32.0 Å². The number of pyridine rings is 1. The number of nitrogens with zero attached hydrogens (tertiary/aromatic N) is 1. The Kier molecular flexibility index (Phi) is 6.20. The topological polar surface area (TPSA) is 91.5 Å². The number of methoxy groups -OCH3 is 1. The van der Waals surface area contributed by atoms with Crippen molar-refractivity contribution in [1.29, 1.82) is 0 Å². The Morgan fingerprint density at radius 1 is 1.19 bits per heavy atom. The number of benzene rings is 1. The van der Waals surface area contributed by atoms with E-state index in [9.17, 15) is 14.4 Å². The molecule has 1 aliphatic carbocycles. The van der Waals surface area contributed by atoms with Gasteiger partial charge in [0.25, 0.3) is 11.5 Å². The van der Waals surface area contributed by atoms with Crippen molar-refractivity contribution in [3.8, 4) is 5.75 Å². The van der Waals surface area contributed by atoms with Crippen LogP contribution in [0.5, 0.6) is 5.75 Å². The summed E-state index contributed by atoms with van der Waals surface area (Å²) in [5.41, 5.74) is 1.66. The molecule has 1 aliphatic heterocycles. The number of rotatable bonds is 5. The molecule has 2 aromatic rings. The van der Waals surface area contributed by atoms with Crippen molar-refractivity contribution in [3.05, 3.63) is 63.1 Å². The number of nitrogens with one attached hydrogen (secondary N) is 2. The molecule has 32 heavy (non-hydrogen) atoms. The van der Waals surface area contributed by atoms with Crippen molar-refractivity contribution in [1.82, 2.24) is 15.2 Å². The van der Waals surface area contributed by atoms with Crippen LogP contribution >= 0.6 is 0 Å². The van der Waals surface area contributed by atoms with E-state index in [1.54, 1.807) is 7.11 Å².